The van der Waals surface area contributed by atoms with Crippen LogP contribution in [0.25, 0.3) is 0 Å². The van der Waals surface area contributed by atoms with Crippen LogP contribution in [-0.2, 0) is 0 Å². The van der Waals surface area contributed by atoms with Gasteiger partial charge in [0.25, 0.3) is 0 Å². The molecule has 2 fully saturated rings. The smallest absolute Gasteiger partial charge is 0.0818 e. The van der Waals surface area contributed by atoms with Crippen molar-refractivity contribution >= 4 is 0 Å². The second-order valence-corrected chi connectivity index (χ2v) is 8.44. The molecule has 0 heterocycles. The summed E-state index contributed by atoms with van der Waals surface area (Å²) in [4.78, 5) is 0. The third-order valence-electron chi connectivity index (χ3n) is 6.69. The molecule has 2 N–H and O–H groups in total. The van der Waals surface area contributed by atoms with E-state index in [0.29, 0.717) is 17.8 Å². The summed E-state index contributed by atoms with van der Waals surface area (Å²) in [6, 6.07) is 8.56. The lowest BCUT2D eigenvalue weighted by Gasteiger charge is -2.24. The molecule has 2 heteroatoms. The summed E-state index contributed by atoms with van der Waals surface area (Å²) in [5.74, 6) is 1.35. The first-order valence-electron chi connectivity index (χ1n) is 10.7. The van der Waals surface area contributed by atoms with E-state index in [1.807, 2.05) is 0 Å². The van der Waals surface area contributed by atoms with Gasteiger partial charge in [-0.05, 0) is 55.1 Å². The lowest BCUT2D eigenvalue weighted by atomic mass is 9.83. The first-order chi connectivity index (χ1) is 12.2. The zero-order chi connectivity index (χ0) is 17.6. The molecule has 0 spiro atoms. The Hall–Kier alpha value is -0.860. The molecule has 2 nitrogen and oxygen atoms in total. The van der Waals surface area contributed by atoms with Crippen molar-refractivity contribution in [2.45, 2.75) is 95.7 Å². The predicted octanol–water partition coefficient (Wildman–Crippen LogP) is 5.74. The maximum absolute atomic E-state index is 10.6. The molecule has 0 amide bonds. The van der Waals surface area contributed by atoms with E-state index in [2.05, 4.69) is 31.2 Å². The number of aliphatic hydroxyl groups is 2. The van der Waals surface area contributed by atoms with Crippen LogP contribution in [0.3, 0.4) is 0 Å². The molecule has 1 aromatic rings. The third kappa shape index (κ3) is 4.65. The van der Waals surface area contributed by atoms with Gasteiger partial charge >= 0.3 is 0 Å². The van der Waals surface area contributed by atoms with E-state index in [4.69, 9.17) is 0 Å². The van der Waals surface area contributed by atoms with Crippen molar-refractivity contribution in [1.29, 1.82) is 0 Å². The van der Waals surface area contributed by atoms with Crippen molar-refractivity contribution in [3.8, 4) is 0 Å². The Morgan fingerprint density at radius 1 is 0.960 bits per heavy atom. The van der Waals surface area contributed by atoms with Crippen molar-refractivity contribution in [3.05, 3.63) is 35.4 Å². The summed E-state index contributed by atoms with van der Waals surface area (Å²) in [6.07, 6.45) is 12.9. The highest BCUT2D eigenvalue weighted by Crippen LogP contribution is 2.43. The van der Waals surface area contributed by atoms with Crippen LogP contribution < -0.4 is 0 Å². The Morgan fingerprint density at radius 3 is 2.36 bits per heavy atom. The molecular formula is C23H36O2. The summed E-state index contributed by atoms with van der Waals surface area (Å²) < 4.78 is 0. The number of unbranched alkanes of at least 4 members (excludes halogenated alkanes) is 3. The second-order valence-electron chi connectivity index (χ2n) is 8.44. The van der Waals surface area contributed by atoms with Gasteiger partial charge in [0.2, 0.25) is 0 Å². The fourth-order valence-corrected chi connectivity index (χ4v) is 5.17. The monoisotopic (exact) mass is 344 g/mol. The molecule has 1 unspecified atom stereocenters. The van der Waals surface area contributed by atoms with Crippen molar-refractivity contribution in [1.82, 2.24) is 0 Å². The first kappa shape index (κ1) is 18.9. The molecule has 1 aromatic carbocycles. The van der Waals surface area contributed by atoms with E-state index in [-0.39, 0.29) is 12.2 Å². The van der Waals surface area contributed by atoms with Crippen molar-refractivity contribution in [2.75, 3.05) is 0 Å². The molecule has 140 valence electrons. The van der Waals surface area contributed by atoms with Gasteiger partial charge in [0.15, 0.2) is 0 Å². The molecule has 3 rings (SSSR count). The second kappa shape index (κ2) is 9.19. The average Bonchev–Trinajstić information content (AvgIpc) is 3.28. The quantitative estimate of drug-likeness (QED) is 0.591. The average molecular weight is 345 g/mol. The summed E-state index contributed by atoms with van der Waals surface area (Å²) in [7, 11) is 0. The fraction of sp³-hybridized carbons (Fsp3) is 0.739. The number of benzene rings is 1. The highest BCUT2D eigenvalue weighted by atomic mass is 16.3. The standard InChI is InChI=1S/C23H36O2/c1-2-3-4-5-8-17-15-16-21(24)22(17)18-11-13-20(14-12-18)23(25)19-9-6-7-10-19/h11-14,17,19,21-25H,2-10,15-16H2,1H3/t17-,21+,22-,23?/m0/s1. The van der Waals surface area contributed by atoms with Crippen LogP contribution in [0.1, 0.15) is 101 Å². The number of rotatable bonds is 8. The molecular weight excluding hydrogens is 308 g/mol. The maximum atomic E-state index is 10.6. The largest absolute Gasteiger partial charge is 0.392 e. The van der Waals surface area contributed by atoms with Gasteiger partial charge in [-0.2, -0.15) is 0 Å². The minimum Gasteiger partial charge on any atom is -0.392 e. The van der Waals surface area contributed by atoms with Crippen LogP contribution >= 0.6 is 0 Å². The third-order valence-corrected chi connectivity index (χ3v) is 6.69. The van der Waals surface area contributed by atoms with Gasteiger partial charge in [-0.15, -0.1) is 0 Å². The normalized spacial score (nSPS) is 28.5. The SMILES string of the molecule is CCCCCC[C@H]1CC[C@@H](O)[C@@H]1c1ccc(C(O)C2CCCC2)cc1. The number of aliphatic hydroxyl groups excluding tert-OH is 2. The van der Waals surface area contributed by atoms with Crippen LogP contribution in [0.4, 0.5) is 0 Å². The number of hydrogen-bond donors (Lipinski definition) is 2. The molecule has 0 radical (unpaired) electrons. The van der Waals surface area contributed by atoms with Gasteiger partial charge in [0.05, 0.1) is 12.2 Å². The number of hydrogen-bond acceptors (Lipinski definition) is 2. The zero-order valence-corrected chi connectivity index (χ0v) is 15.9. The summed E-state index contributed by atoms with van der Waals surface area (Å²) in [6.45, 7) is 2.25. The molecule has 4 atom stereocenters. The summed E-state index contributed by atoms with van der Waals surface area (Å²) in [5.41, 5.74) is 2.33. The Morgan fingerprint density at radius 2 is 1.68 bits per heavy atom. The van der Waals surface area contributed by atoms with E-state index in [1.54, 1.807) is 0 Å². The van der Waals surface area contributed by atoms with Gasteiger partial charge in [0, 0.05) is 5.92 Å². The van der Waals surface area contributed by atoms with Gasteiger partial charge < -0.3 is 10.2 Å². The molecule has 0 aliphatic heterocycles. The van der Waals surface area contributed by atoms with E-state index in [0.717, 1.165) is 31.2 Å². The van der Waals surface area contributed by atoms with Crippen molar-refractivity contribution < 1.29 is 10.2 Å². The molecule has 0 saturated heterocycles. The van der Waals surface area contributed by atoms with Crippen molar-refractivity contribution in [3.63, 3.8) is 0 Å². The van der Waals surface area contributed by atoms with E-state index >= 15 is 0 Å². The van der Waals surface area contributed by atoms with Gasteiger partial charge in [-0.3, -0.25) is 0 Å². The molecule has 25 heavy (non-hydrogen) atoms. The highest BCUT2D eigenvalue weighted by molar-refractivity contribution is 5.29. The zero-order valence-electron chi connectivity index (χ0n) is 15.9. The molecule has 0 aromatic heterocycles. The predicted molar refractivity (Wildman–Crippen MR) is 104 cm³/mol. The Kier molecular flexibility index (Phi) is 6.95. The van der Waals surface area contributed by atoms with Crippen molar-refractivity contribution in [2.24, 2.45) is 11.8 Å². The van der Waals surface area contributed by atoms with E-state index in [1.165, 1.54) is 50.5 Å². The fourth-order valence-electron chi connectivity index (χ4n) is 5.17. The lowest BCUT2D eigenvalue weighted by Crippen LogP contribution is -2.17. The molecule has 2 aliphatic rings. The summed E-state index contributed by atoms with van der Waals surface area (Å²) in [5, 5.41) is 21.1. The highest BCUT2D eigenvalue weighted by Gasteiger charge is 2.35. The lowest BCUT2D eigenvalue weighted by molar-refractivity contribution is 0.111. The topological polar surface area (TPSA) is 40.5 Å². The van der Waals surface area contributed by atoms with Crippen LogP contribution in [0.15, 0.2) is 24.3 Å². The van der Waals surface area contributed by atoms with Crippen LogP contribution in [0.2, 0.25) is 0 Å². The van der Waals surface area contributed by atoms with Gasteiger partial charge in [-0.25, -0.2) is 0 Å². The van der Waals surface area contributed by atoms with Crippen LogP contribution in [0.5, 0.6) is 0 Å². The van der Waals surface area contributed by atoms with Gasteiger partial charge in [-0.1, -0.05) is 69.7 Å². The van der Waals surface area contributed by atoms with E-state index in [9.17, 15) is 10.2 Å². The maximum Gasteiger partial charge on any atom is 0.0818 e. The molecule has 0 bridgehead atoms. The Bertz CT molecular complexity index is 503. The molecule has 2 saturated carbocycles. The first-order valence-corrected chi connectivity index (χ1v) is 10.7. The minimum absolute atomic E-state index is 0.193. The van der Waals surface area contributed by atoms with Crippen LogP contribution in [-0.4, -0.2) is 16.3 Å². The Balaban J connectivity index is 1.62. The minimum atomic E-state index is -0.310. The summed E-state index contributed by atoms with van der Waals surface area (Å²) >= 11 is 0. The van der Waals surface area contributed by atoms with Gasteiger partial charge in [0.1, 0.15) is 0 Å². The Labute approximate surface area is 153 Å². The molecule has 2 aliphatic carbocycles. The van der Waals surface area contributed by atoms with E-state index < -0.39 is 0 Å². The van der Waals surface area contributed by atoms with Crippen LogP contribution in [0, 0.1) is 11.8 Å².